The molecule has 1 amide bonds. The van der Waals surface area contributed by atoms with Gasteiger partial charge in [0.25, 0.3) is 5.91 Å². The lowest BCUT2D eigenvalue weighted by atomic mass is 10.1. The van der Waals surface area contributed by atoms with Crippen molar-refractivity contribution in [2.24, 2.45) is 5.18 Å². The Kier molecular flexibility index (Phi) is 3.50. The fraction of sp³-hybridized carbons (Fsp3) is 0.111. The van der Waals surface area contributed by atoms with Crippen molar-refractivity contribution in [1.29, 1.82) is 0 Å². The van der Waals surface area contributed by atoms with Crippen LogP contribution in [0.4, 0.5) is 0 Å². The molecule has 0 bridgehead atoms. The highest BCUT2D eigenvalue weighted by atomic mass is 16.4. The summed E-state index contributed by atoms with van der Waals surface area (Å²) in [6.07, 6.45) is 0. The number of nitrogens with one attached hydrogen (secondary N) is 1. The minimum absolute atomic E-state index is 0.0973. The number of benzene rings is 1. The molecule has 1 aromatic carbocycles. The Bertz CT molecular complexity index is 386. The van der Waals surface area contributed by atoms with E-state index in [0.29, 0.717) is 0 Å². The monoisotopic (exact) mass is 208 g/mol. The van der Waals surface area contributed by atoms with Crippen LogP contribution in [0.25, 0.3) is 0 Å². The van der Waals surface area contributed by atoms with Gasteiger partial charge >= 0.3 is 5.97 Å². The molecule has 1 rings (SSSR count). The van der Waals surface area contributed by atoms with E-state index in [4.69, 9.17) is 5.11 Å². The van der Waals surface area contributed by atoms with Crippen molar-refractivity contribution in [3.8, 4) is 0 Å². The number of amides is 1. The highest BCUT2D eigenvalue weighted by Crippen LogP contribution is 2.04. The zero-order valence-corrected chi connectivity index (χ0v) is 7.64. The molecule has 0 radical (unpaired) electrons. The maximum Gasteiger partial charge on any atom is 0.335 e. The van der Waals surface area contributed by atoms with Crippen LogP contribution in [-0.4, -0.2) is 23.7 Å². The number of carbonyl (C=O) groups excluding carboxylic acids is 1. The first-order valence-corrected chi connectivity index (χ1v) is 4.06. The Hall–Kier alpha value is -2.24. The molecule has 15 heavy (non-hydrogen) atoms. The SMILES string of the molecule is O=NCNC(=O)c1ccc(C(=O)O)cc1. The van der Waals surface area contributed by atoms with E-state index in [1.165, 1.54) is 24.3 Å². The van der Waals surface area contributed by atoms with Crippen LogP contribution in [0.15, 0.2) is 29.4 Å². The first-order valence-electron chi connectivity index (χ1n) is 4.06. The lowest BCUT2D eigenvalue weighted by Crippen LogP contribution is -2.23. The molecular formula is C9H8N2O4. The van der Waals surface area contributed by atoms with Crippen LogP contribution in [0.1, 0.15) is 20.7 Å². The van der Waals surface area contributed by atoms with E-state index in [-0.39, 0.29) is 17.8 Å². The van der Waals surface area contributed by atoms with Gasteiger partial charge in [-0.05, 0) is 29.4 Å². The Morgan fingerprint density at radius 1 is 1.20 bits per heavy atom. The van der Waals surface area contributed by atoms with E-state index >= 15 is 0 Å². The maximum atomic E-state index is 11.2. The molecule has 0 aliphatic carbocycles. The average Bonchev–Trinajstić information content (AvgIpc) is 2.26. The third-order valence-corrected chi connectivity index (χ3v) is 1.70. The number of aromatic carboxylic acids is 1. The van der Waals surface area contributed by atoms with Gasteiger partial charge in [-0.15, -0.1) is 4.91 Å². The molecule has 0 aliphatic heterocycles. The number of nitrogens with zero attached hydrogens (tertiary/aromatic N) is 1. The number of hydrogen-bond donors (Lipinski definition) is 2. The van der Waals surface area contributed by atoms with Gasteiger partial charge in [-0.25, -0.2) is 4.79 Å². The van der Waals surface area contributed by atoms with E-state index < -0.39 is 11.9 Å². The third-order valence-electron chi connectivity index (χ3n) is 1.70. The molecule has 0 heterocycles. The lowest BCUT2D eigenvalue weighted by molar-refractivity contribution is 0.0696. The summed E-state index contributed by atoms with van der Waals surface area (Å²) in [6.45, 7) is -0.306. The predicted molar refractivity (Wildman–Crippen MR) is 51.5 cm³/mol. The summed E-state index contributed by atoms with van der Waals surface area (Å²) in [5.74, 6) is -1.52. The van der Waals surface area contributed by atoms with E-state index in [1.807, 2.05) is 0 Å². The molecule has 0 saturated heterocycles. The van der Waals surface area contributed by atoms with Gasteiger partial charge in [0.05, 0.1) is 5.56 Å². The van der Waals surface area contributed by atoms with Gasteiger partial charge in [-0.3, -0.25) is 4.79 Å². The topological polar surface area (TPSA) is 95.8 Å². The van der Waals surface area contributed by atoms with Gasteiger partial charge in [-0.2, -0.15) is 0 Å². The van der Waals surface area contributed by atoms with Crippen LogP contribution in [0.3, 0.4) is 0 Å². The number of carbonyl (C=O) groups is 2. The zero-order valence-electron chi connectivity index (χ0n) is 7.64. The molecule has 0 atom stereocenters. The van der Waals surface area contributed by atoms with E-state index in [1.54, 1.807) is 0 Å². The van der Waals surface area contributed by atoms with Crippen LogP contribution in [-0.2, 0) is 0 Å². The summed E-state index contributed by atoms with van der Waals surface area (Å²) in [5.41, 5.74) is 0.378. The van der Waals surface area contributed by atoms with Crippen LogP contribution in [0, 0.1) is 4.91 Å². The summed E-state index contributed by atoms with van der Waals surface area (Å²) in [5, 5.41) is 13.3. The standard InChI is InChI=1S/C9H8N2O4/c12-8(10-5-11-15)6-1-3-7(4-2-6)9(13)14/h1-4H,5H2,(H,10,12)(H,13,14). The zero-order chi connectivity index (χ0) is 11.3. The molecule has 0 aromatic heterocycles. The first kappa shape index (κ1) is 10.8. The number of hydrogen-bond acceptors (Lipinski definition) is 4. The molecule has 6 nitrogen and oxygen atoms in total. The van der Waals surface area contributed by atoms with Gasteiger partial charge in [0.15, 0.2) is 6.67 Å². The van der Waals surface area contributed by atoms with Crippen molar-refractivity contribution in [3.63, 3.8) is 0 Å². The van der Waals surface area contributed by atoms with Crippen LogP contribution < -0.4 is 5.32 Å². The second-order valence-corrected chi connectivity index (χ2v) is 2.68. The maximum absolute atomic E-state index is 11.2. The normalized spacial score (nSPS) is 9.33. The van der Waals surface area contributed by atoms with Crippen molar-refractivity contribution in [2.45, 2.75) is 0 Å². The summed E-state index contributed by atoms with van der Waals surface area (Å²) in [7, 11) is 0. The van der Waals surface area contributed by atoms with Crippen LogP contribution in [0.5, 0.6) is 0 Å². The van der Waals surface area contributed by atoms with E-state index in [9.17, 15) is 14.5 Å². The fourth-order valence-corrected chi connectivity index (χ4v) is 0.970. The Labute approximate surface area is 84.9 Å². The summed E-state index contributed by atoms with van der Waals surface area (Å²) < 4.78 is 0. The first-order chi connectivity index (χ1) is 7.15. The largest absolute Gasteiger partial charge is 0.478 e. The summed E-state index contributed by atoms with van der Waals surface area (Å²) in [6, 6.07) is 5.35. The van der Waals surface area contributed by atoms with Gasteiger partial charge in [0.2, 0.25) is 0 Å². The van der Waals surface area contributed by atoms with Crippen molar-refractivity contribution in [1.82, 2.24) is 5.32 Å². The molecule has 0 unspecified atom stereocenters. The minimum atomic E-state index is -1.06. The van der Waals surface area contributed by atoms with Gasteiger partial charge in [-0.1, -0.05) is 0 Å². The van der Waals surface area contributed by atoms with Crippen LogP contribution in [0.2, 0.25) is 0 Å². The second kappa shape index (κ2) is 4.85. The van der Waals surface area contributed by atoms with Gasteiger partial charge in [0.1, 0.15) is 0 Å². The molecule has 0 aliphatic rings. The Morgan fingerprint density at radius 3 is 2.20 bits per heavy atom. The number of rotatable bonds is 4. The highest BCUT2D eigenvalue weighted by molar-refractivity contribution is 5.95. The number of carboxylic acids is 1. The second-order valence-electron chi connectivity index (χ2n) is 2.68. The smallest absolute Gasteiger partial charge is 0.335 e. The molecule has 1 aromatic rings. The third kappa shape index (κ3) is 2.87. The van der Waals surface area contributed by atoms with Crippen molar-refractivity contribution in [2.75, 3.05) is 6.67 Å². The average molecular weight is 208 g/mol. The molecule has 78 valence electrons. The van der Waals surface area contributed by atoms with Crippen LogP contribution >= 0.6 is 0 Å². The Balaban J connectivity index is 2.75. The summed E-state index contributed by atoms with van der Waals surface area (Å²) >= 11 is 0. The van der Waals surface area contributed by atoms with Crippen molar-refractivity contribution < 1.29 is 14.7 Å². The number of carboxylic acid groups (broad SMARTS) is 1. The molecule has 0 fully saturated rings. The molecule has 0 spiro atoms. The minimum Gasteiger partial charge on any atom is -0.478 e. The van der Waals surface area contributed by atoms with Crippen molar-refractivity contribution >= 4 is 11.9 Å². The van der Waals surface area contributed by atoms with Gasteiger partial charge < -0.3 is 10.4 Å². The quantitative estimate of drug-likeness (QED) is 0.716. The van der Waals surface area contributed by atoms with Crippen molar-refractivity contribution in [3.05, 3.63) is 40.3 Å². The predicted octanol–water partition coefficient (Wildman–Crippen LogP) is 0.839. The fourth-order valence-electron chi connectivity index (χ4n) is 0.970. The molecule has 0 saturated carbocycles. The van der Waals surface area contributed by atoms with E-state index in [0.717, 1.165) is 0 Å². The summed E-state index contributed by atoms with van der Waals surface area (Å²) in [4.78, 5) is 31.5. The van der Waals surface area contributed by atoms with Gasteiger partial charge in [0, 0.05) is 5.56 Å². The molecule has 6 heteroatoms. The highest BCUT2D eigenvalue weighted by Gasteiger charge is 2.06. The Morgan fingerprint density at radius 2 is 1.73 bits per heavy atom. The molecular weight excluding hydrogens is 200 g/mol. The molecule has 2 N–H and O–H groups in total. The number of nitroso groups, excluding NO2 is 1. The van der Waals surface area contributed by atoms with E-state index in [2.05, 4.69) is 10.5 Å². The lowest BCUT2D eigenvalue weighted by Gasteiger charge is -2.00.